The number of hydrogen-bond donors (Lipinski definition) is 1. The van der Waals surface area contributed by atoms with Crippen molar-refractivity contribution in [3.63, 3.8) is 0 Å². The zero-order valence-electron chi connectivity index (χ0n) is 11.3. The number of aromatic nitrogens is 1. The Labute approximate surface area is 118 Å². The maximum Gasteiger partial charge on any atom is 0.152 e. The SMILES string of the molecule is COc1ccccc1C(C)Nc1cc(C)cnc1Cl. The average Bonchev–Trinajstić information content (AvgIpc) is 2.42. The summed E-state index contributed by atoms with van der Waals surface area (Å²) in [4.78, 5) is 4.14. The Morgan fingerprint density at radius 3 is 2.79 bits per heavy atom. The Morgan fingerprint density at radius 2 is 2.05 bits per heavy atom. The fraction of sp³-hybridized carbons (Fsp3) is 0.267. The molecule has 0 spiro atoms. The maximum atomic E-state index is 6.10. The molecule has 4 heteroatoms. The Morgan fingerprint density at radius 1 is 1.32 bits per heavy atom. The Balaban J connectivity index is 2.25. The van der Waals surface area contributed by atoms with Crippen molar-refractivity contribution in [2.45, 2.75) is 19.9 Å². The van der Waals surface area contributed by atoms with Crippen LogP contribution in [0.2, 0.25) is 5.15 Å². The van der Waals surface area contributed by atoms with Gasteiger partial charge >= 0.3 is 0 Å². The maximum absolute atomic E-state index is 6.10. The third-order valence-electron chi connectivity index (χ3n) is 2.95. The van der Waals surface area contributed by atoms with E-state index in [4.69, 9.17) is 16.3 Å². The van der Waals surface area contributed by atoms with Crippen molar-refractivity contribution in [2.24, 2.45) is 0 Å². The molecule has 0 aliphatic carbocycles. The summed E-state index contributed by atoms with van der Waals surface area (Å²) in [6.45, 7) is 4.05. The number of nitrogens with zero attached hydrogens (tertiary/aromatic N) is 1. The van der Waals surface area contributed by atoms with Crippen LogP contribution in [0, 0.1) is 6.92 Å². The number of anilines is 1. The second-order valence-electron chi connectivity index (χ2n) is 4.46. The zero-order chi connectivity index (χ0) is 13.8. The van der Waals surface area contributed by atoms with Crippen LogP contribution in [0.5, 0.6) is 5.75 Å². The highest BCUT2D eigenvalue weighted by Crippen LogP contribution is 2.29. The molecule has 0 radical (unpaired) electrons. The van der Waals surface area contributed by atoms with E-state index in [2.05, 4.69) is 17.2 Å². The highest BCUT2D eigenvalue weighted by Gasteiger charge is 2.12. The van der Waals surface area contributed by atoms with E-state index in [-0.39, 0.29) is 6.04 Å². The number of para-hydroxylation sites is 1. The number of aryl methyl sites for hydroxylation is 1. The van der Waals surface area contributed by atoms with E-state index in [1.54, 1.807) is 13.3 Å². The van der Waals surface area contributed by atoms with Gasteiger partial charge in [-0.15, -0.1) is 0 Å². The van der Waals surface area contributed by atoms with Gasteiger partial charge in [0.2, 0.25) is 0 Å². The predicted octanol–water partition coefficient (Wildman–Crippen LogP) is 4.23. The monoisotopic (exact) mass is 276 g/mol. The number of pyridine rings is 1. The van der Waals surface area contributed by atoms with E-state index in [1.807, 2.05) is 37.3 Å². The van der Waals surface area contributed by atoms with Crippen molar-refractivity contribution in [3.05, 3.63) is 52.8 Å². The Hall–Kier alpha value is -1.74. The summed E-state index contributed by atoms with van der Waals surface area (Å²) in [6, 6.07) is 10.00. The largest absolute Gasteiger partial charge is 0.496 e. The van der Waals surface area contributed by atoms with Gasteiger partial charge in [0, 0.05) is 11.8 Å². The molecule has 0 amide bonds. The van der Waals surface area contributed by atoms with Gasteiger partial charge in [0.05, 0.1) is 18.8 Å². The molecule has 0 fully saturated rings. The summed E-state index contributed by atoms with van der Waals surface area (Å²) < 4.78 is 5.37. The number of nitrogens with one attached hydrogen (secondary N) is 1. The van der Waals surface area contributed by atoms with Crippen molar-refractivity contribution in [2.75, 3.05) is 12.4 Å². The molecule has 1 heterocycles. The minimum Gasteiger partial charge on any atom is -0.496 e. The van der Waals surface area contributed by atoms with E-state index < -0.39 is 0 Å². The first kappa shape index (κ1) is 13.7. The first-order chi connectivity index (χ1) is 9.11. The predicted molar refractivity (Wildman–Crippen MR) is 79.0 cm³/mol. The molecule has 0 saturated heterocycles. The topological polar surface area (TPSA) is 34.1 Å². The van der Waals surface area contributed by atoms with Gasteiger partial charge in [-0.2, -0.15) is 0 Å². The third-order valence-corrected chi connectivity index (χ3v) is 3.25. The minimum atomic E-state index is 0.0808. The third kappa shape index (κ3) is 3.18. The van der Waals surface area contributed by atoms with E-state index in [0.29, 0.717) is 5.15 Å². The summed E-state index contributed by atoms with van der Waals surface area (Å²) in [5.74, 6) is 0.860. The van der Waals surface area contributed by atoms with Crippen molar-refractivity contribution in [1.82, 2.24) is 4.98 Å². The standard InChI is InChI=1S/C15H17ClN2O/c1-10-8-13(15(16)17-9-10)18-11(2)12-6-4-5-7-14(12)19-3/h4-9,11,18H,1-3H3. The summed E-state index contributed by atoms with van der Waals surface area (Å²) in [5, 5.41) is 3.85. The molecule has 2 aromatic rings. The van der Waals surface area contributed by atoms with Gasteiger partial charge in [0.1, 0.15) is 5.75 Å². The Bertz CT molecular complexity index is 572. The second kappa shape index (κ2) is 5.93. The second-order valence-corrected chi connectivity index (χ2v) is 4.82. The molecule has 0 saturated carbocycles. The van der Waals surface area contributed by atoms with Crippen LogP contribution in [0.25, 0.3) is 0 Å². The number of benzene rings is 1. The average molecular weight is 277 g/mol. The van der Waals surface area contributed by atoms with Crippen molar-refractivity contribution < 1.29 is 4.74 Å². The van der Waals surface area contributed by atoms with Gasteiger partial charge in [-0.3, -0.25) is 0 Å². The van der Waals surface area contributed by atoms with E-state index in [1.165, 1.54) is 0 Å². The van der Waals surface area contributed by atoms with Crippen LogP contribution >= 0.6 is 11.6 Å². The first-order valence-electron chi connectivity index (χ1n) is 6.13. The number of ether oxygens (including phenoxy) is 1. The van der Waals surface area contributed by atoms with Crippen LogP contribution in [0.3, 0.4) is 0 Å². The van der Waals surface area contributed by atoms with Gasteiger partial charge in [-0.05, 0) is 31.5 Å². The van der Waals surface area contributed by atoms with Crippen LogP contribution in [0.4, 0.5) is 5.69 Å². The van der Waals surface area contributed by atoms with Crippen molar-refractivity contribution >= 4 is 17.3 Å². The molecule has 0 aliphatic rings. The lowest BCUT2D eigenvalue weighted by Crippen LogP contribution is -2.09. The smallest absolute Gasteiger partial charge is 0.152 e. The number of rotatable bonds is 4. The minimum absolute atomic E-state index is 0.0808. The fourth-order valence-corrected chi connectivity index (χ4v) is 2.15. The summed E-state index contributed by atoms with van der Waals surface area (Å²) in [5.41, 5.74) is 2.99. The molecule has 1 aromatic carbocycles. The molecule has 3 nitrogen and oxygen atoms in total. The van der Waals surface area contributed by atoms with Crippen LogP contribution in [0.15, 0.2) is 36.5 Å². The lowest BCUT2D eigenvalue weighted by Gasteiger charge is -2.19. The van der Waals surface area contributed by atoms with Gasteiger partial charge in [0.15, 0.2) is 5.15 Å². The molecule has 0 bridgehead atoms. The normalized spacial score (nSPS) is 12.0. The van der Waals surface area contributed by atoms with Gasteiger partial charge < -0.3 is 10.1 Å². The van der Waals surface area contributed by atoms with Gasteiger partial charge in [-0.1, -0.05) is 29.8 Å². The quantitative estimate of drug-likeness (QED) is 0.849. The molecule has 1 atom stereocenters. The highest BCUT2D eigenvalue weighted by molar-refractivity contribution is 6.31. The van der Waals surface area contributed by atoms with Crippen LogP contribution in [-0.2, 0) is 0 Å². The van der Waals surface area contributed by atoms with E-state index >= 15 is 0 Å². The van der Waals surface area contributed by atoms with Crippen LogP contribution in [0.1, 0.15) is 24.1 Å². The van der Waals surface area contributed by atoms with Crippen molar-refractivity contribution in [3.8, 4) is 5.75 Å². The summed E-state index contributed by atoms with van der Waals surface area (Å²) in [7, 11) is 1.67. The lowest BCUT2D eigenvalue weighted by atomic mass is 10.1. The molecule has 0 aliphatic heterocycles. The summed E-state index contributed by atoms with van der Waals surface area (Å²) >= 11 is 6.10. The molecule has 1 N–H and O–H groups in total. The first-order valence-corrected chi connectivity index (χ1v) is 6.51. The molecule has 19 heavy (non-hydrogen) atoms. The number of hydrogen-bond acceptors (Lipinski definition) is 3. The fourth-order valence-electron chi connectivity index (χ4n) is 1.99. The molecule has 1 aromatic heterocycles. The highest BCUT2D eigenvalue weighted by atomic mass is 35.5. The van der Waals surface area contributed by atoms with Crippen LogP contribution < -0.4 is 10.1 Å². The summed E-state index contributed by atoms with van der Waals surface area (Å²) in [6.07, 6.45) is 1.75. The molecule has 100 valence electrons. The molecular formula is C15H17ClN2O. The number of halogens is 1. The number of methoxy groups -OCH3 is 1. The van der Waals surface area contributed by atoms with Gasteiger partial charge in [0.25, 0.3) is 0 Å². The zero-order valence-corrected chi connectivity index (χ0v) is 12.0. The Kier molecular flexibility index (Phi) is 4.27. The lowest BCUT2D eigenvalue weighted by molar-refractivity contribution is 0.408. The van der Waals surface area contributed by atoms with Gasteiger partial charge in [-0.25, -0.2) is 4.98 Å². The van der Waals surface area contributed by atoms with Crippen molar-refractivity contribution in [1.29, 1.82) is 0 Å². The van der Waals surface area contributed by atoms with Crippen LogP contribution in [-0.4, -0.2) is 12.1 Å². The van der Waals surface area contributed by atoms with E-state index in [9.17, 15) is 0 Å². The molecule has 2 rings (SSSR count). The molecular weight excluding hydrogens is 260 g/mol. The molecule has 1 unspecified atom stereocenters. The van der Waals surface area contributed by atoms with E-state index in [0.717, 1.165) is 22.6 Å².